The molecular formula is C22H30O2. The van der Waals surface area contributed by atoms with Gasteiger partial charge in [-0.15, -0.1) is 5.92 Å². The van der Waals surface area contributed by atoms with Crippen molar-refractivity contribution in [1.82, 2.24) is 0 Å². The Morgan fingerprint density at radius 1 is 0.750 bits per heavy atom. The number of allylic oxidation sites excluding steroid dienone is 10. The molecular weight excluding hydrogens is 296 g/mol. The molecule has 0 aromatic carbocycles. The fourth-order valence-electron chi connectivity index (χ4n) is 1.72. The van der Waals surface area contributed by atoms with Gasteiger partial charge in [0.05, 0.1) is 6.42 Å². The van der Waals surface area contributed by atoms with Crippen LogP contribution in [-0.2, 0) is 4.79 Å². The molecule has 0 aliphatic carbocycles. The van der Waals surface area contributed by atoms with Crippen molar-refractivity contribution in [3.05, 3.63) is 60.8 Å². The van der Waals surface area contributed by atoms with Crippen LogP contribution in [-0.4, -0.2) is 11.1 Å². The molecule has 0 atom stereocenters. The predicted octanol–water partition coefficient (Wildman–Crippen LogP) is 6.00. The number of carboxylic acid groups (broad SMARTS) is 1. The Labute approximate surface area is 147 Å². The highest BCUT2D eigenvalue weighted by atomic mass is 16.4. The maximum Gasteiger partial charge on any atom is 0.304 e. The molecule has 0 heterocycles. The molecule has 1 N–H and O–H groups in total. The maximum absolute atomic E-state index is 10.3. The van der Waals surface area contributed by atoms with E-state index < -0.39 is 5.97 Å². The normalized spacial score (nSPS) is 12.0. The maximum atomic E-state index is 10.3. The van der Waals surface area contributed by atoms with E-state index in [0.717, 1.165) is 32.1 Å². The first-order valence-electron chi connectivity index (χ1n) is 8.69. The molecule has 0 spiro atoms. The highest BCUT2D eigenvalue weighted by Crippen LogP contribution is 1.96. The SMILES string of the molecule is CC/C=C\C/C=C\C/C=C\C/C=C\C/C=C\CC#CCCC(=O)O. The molecule has 0 aromatic rings. The van der Waals surface area contributed by atoms with Crippen molar-refractivity contribution in [2.75, 3.05) is 0 Å². The lowest BCUT2D eigenvalue weighted by atomic mass is 10.2. The van der Waals surface area contributed by atoms with Crippen molar-refractivity contribution in [3.63, 3.8) is 0 Å². The topological polar surface area (TPSA) is 37.3 Å². The summed E-state index contributed by atoms with van der Waals surface area (Å²) in [6, 6.07) is 0. The van der Waals surface area contributed by atoms with Crippen LogP contribution >= 0.6 is 0 Å². The fourth-order valence-corrected chi connectivity index (χ4v) is 1.72. The van der Waals surface area contributed by atoms with E-state index in [0.29, 0.717) is 12.8 Å². The van der Waals surface area contributed by atoms with Gasteiger partial charge < -0.3 is 5.11 Å². The molecule has 0 unspecified atom stereocenters. The van der Waals surface area contributed by atoms with Crippen molar-refractivity contribution >= 4 is 5.97 Å². The molecule has 0 bridgehead atoms. The average molecular weight is 326 g/mol. The molecule has 0 aliphatic rings. The van der Waals surface area contributed by atoms with E-state index in [1.807, 2.05) is 6.08 Å². The van der Waals surface area contributed by atoms with Gasteiger partial charge in [-0.1, -0.05) is 73.6 Å². The number of hydrogen-bond donors (Lipinski definition) is 1. The summed E-state index contributed by atoms with van der Waals surface area (Å²) in [6.45, 7) is 2.14. The molecule has 2 nitrogen and oxygen atoms in total. The third-order valence-electron chi connectivity index (χ3n) is 2.97. The van der Waals surface area contributed by atoms with Gasteiger partial charge in [0.25, 0.3) is 0 Å². The third kappa shape index (κ3) is 19.7. The molecule has 0 radical (unpaired) electrons. The predicted molar refractivity (Wildman–Crippen MR) is 104 cm³/mol. The molecule has 0 amide bonds. The van der Waals surface area contributed by atoms with Gasteiger partial charge in [0.1, 0.15) is 0 Å². The summed E-state index contributed by atoms with van der Waals surface area (Å²) < 4.78 is 0. The second-order valence-corrected chi connectivity index (χ2v) is 5.16. The number of rotatable bonds is 12. The minimum Gasteiger partial charge on any atom is -0.481 e. The zero-order valence-corrected chi connectivity index (χ0v) is 14.8. The summed E-state index contributed by atoms with van der Waals surface area (Å²) in [4.78, 5) is 10.3. The Morgan fingerprint density at radius 2 is 1.21 bits per heavy atom. The van der Waals surface area contributed by atoms with Crippen LogP contribution in [0.4, 0.5) is 0 Å². The van der Waals surface area contributed by atoms with E-state index in [1.165, 1.54) is 0 Å². The second kappa shape index (κ2) is 18.8. The van der Waals surface area contributed by atoms with Crippen LogP contribution in [0.2, 0.25) is 0 Å². The van der Waals surface area contributed by atoms with Crippen LogP contribution < -0.4 is 0 Å². The van der Waals surface area contributed by atoms with Gasteiger partial charge in [-0.25, -0.2) is 0 Å². The van der Waals surface area contributed by atoms with Crippen molar-refractivity contribution in [2.45, 2.75) is 58.3 Å². The minimum atomic E-state index is -0.792. The van der Waals surface area contributed by atoms with E-state index in [4.69, 9.17) is 5.11 Å². The van der Waals surface area contributed by atoms with Gasteiger partial charge in [0.2, 0.25) is 0 Å². The van der Waals surface area contributed by atoms with E-state index in [9.17, 15) is 4.79 Å². The average Bonchev–Trinajstić information content (AvgIpc) is 2.56. The molecule has 130 valence electrons. The first kappa shape index (κ1) is 21.7. The van der Waals surface area contributed by atoms with Gasteiger partial charge in [0, 0.05) is 12.8 Å². The Balaban J connectivity index is 3.54. The number of aliphatic carboxylic acids is 1. The van der Waals surface area contributed by atoms with Crippen LogP contribution in [0.3, 0.4) is 0 Å². The lowest BCUT2D eigenvalue weighted by Crippen LogP contribution is -1.91. The lowest BCUT2D eigenvalue weighted by Gasteiger charge is -1.85. The minimum absolute atomic E-state index is 0.124. The standard InChI is InChI=1S/C22H30O2/c1-2-3-4-5-6-7-8-9-10-11-12-13-14-15-16-17-18-19-20-21-22(23)24/h3-4,6-7,9-10,12-13,15-16H,2,5,8,11,14,17,20-21H2,1H3,(H,23,24)/b4-3-,7-6-,10-9-,13-12-,16-15-. The Kier molecular flexibility index (Phi) is 17.0. The summed E-state index contributed by atoms with van der Waals surface area (Å²) in [5.74, 6) is 5.00. The van der Waals surface area contributed by atoms with E-state index in [-0.39, 0.29) is 6.42 Å². The summed E-state index contributed by atoms with van der Waals surface area (Å²) in [5.41, 5.74) is 0. The first-order chi connectivity index (χ1) is 11.8. The monoisotopic (exact) mass is 326 g/mol. The summed E-state index contributed by atoms with van der Waals surface area (Å²) in [6.07, 6.45) is 27.8. The van der Waals surface area contributed by atoms with Crippen LogP contribution in [0, 0.1) is 11.8 Å². The quantitative estimate of drug-likeness (QED) is 0.353. The van der Waals surface area contributed by atoms with Crippen LogP contribution in [0.25, 0.3) is 0 Å². The molecule has 0 aliphatic heterocycles. The Hall–Kier alpha value is -2.27. The van der Waals surface area contributed by atoms with Crippen LogP contribution in [0.15, 0.2) is 60.8 Å². The smallest absolute Gasteiger partial charge is 0.304 e. The van der Waals surface area contributed by atoms with Crippen molar-refractivity contribution in [1.29, 1.82) is 0 Å². The Bertz CT molecular complexity index is 508. The molecule has 2 heteroatoms. The Morgan fingerprint density at radius 3 is 1.67 bits per heavy atom. The number of carboxylic acids is 1. The molecule has 0 rings (SSSR count). The molecule has 0 saturated carbocycles. The fraction of sp³-hybridized carbons (Fsp3) is 0.409. The van der Waals surface area contributed by atoms with Crippen LogP contribution in [0.1, 0.15) is 58.3 Å². The van der Waals surface area contributed by atoms with Crippen LogP contribution in [0.5, 0.6) is 0 Å². The van der Waals surface area contributed by atoms with Gasteiger partial charge in [-0.2, -0.15) is 0 Å². The largest absolute Gasteiger partial charge is 0.481 e. The molecule has 0 aromatic heterocycles. The van der Waals surface area contributed by atoms with E-state index in [1.54, 1.807) is 0 Å². The molecule has 24 heavy (non-hydrogen) atoms. The number of carbonyl (C=O) groups is 1. The van der Waals surface area contributed by atoms with Crippen molar-refractivity contribution < 1.29 is 9.90 Å². The van der Waals surface area contributed by atoms with Crippen molar-refractivity contribution in [3.8, 4) is 11.8 Å². The van der Waals surface area contributed by atoms with Gasteiger partial charge in [-0.3, -0.25) is 4.79 Å². The molecule has 0 fully saturated rings. The highest BCUT2D eigenvalue weighted by Gasteiger charge is 1.90. The summed E-state index contributed by atoms with van der Waals surface area (Å²) in [5, 5.41) is 8.46. The zero-order valence-electron chi connectivity index (χ0n) is 14.8. The first-order valence-corrected chi connectivity index (χ1v) is 8.69. The van der Waals surface area contributed by atoms with Crippen molar-refractivity contribution in [2.24, 2.45) is 0 Å². The molecule has 0 saturated heterocycles. The van der Waals surface area contributed by atoms with Gasteiger partial charge in [-0.05, 0) is 32.1 Å². The van der Waals surface area contributed by atoms with E-state index >= 15 is 0 Å². The van der Waals surface area contributed by atoms with Gasteiger partial charge in [0.15, 0.2) is 0 Å². The second-order valence-electron chi connectivity index (χ2n) is 5.16. The highest BCUT2D eigenvalue weighted by molar-refractivity contribution is 5.66. The summed E-state index contributed by atoms with van der Waals surface area (Å²) >= 11 is 0. The number of hydrogen-bond acceptors (Lipinski definition) is 1. The zero-order chi connectivity index (χ0) is 17.7. The lowest BCUT2D eigenvalue weighted by molar-refractivity contribution is -0.136. The third-order valence-corrected chi connectivity index (χ3v) is 2.97. The van der Waals surface area contributed by atoms with Gasteiger partial charge >= 0.3 is 5.97 Å². The van der Waals surface area contributed by atoms with E-state index in [2.05, 4.69) is 73.4 Å². The summed E-state index contributed by atoms with van der Waals surface area (Å²) in [7, 11) is 0.